The zero-order valence-corrected chi connectivity index (χ0v) is 17.9. The number of rotatable bonds is 5. The predicted octanol–water partition coefficient (Wildman–Crippen LogP) is 2.51. The van der Waals surface area contributed by atoms with Gasteiger partial charge in [0.1, 0.15) is 10.6 Å². The Balaban J connectivity index is 1.33. The first kappa shape index (κ1) is 20.8. The third kappa shape index (κ3) is 4.20. The van der Waals surface area contributed by atoms with Crippen LogP contribution in [-0.2, 0) is 14.8 Å². The van der Waals surface area contributed by atoms with Crippen LogP contribution >= 0.6 is 0 Å². The van der Waals surface area contributed by atoms with E-state index in [-0.39, 0.29) is 16.7 Å². The molecule has 8 heteroatoms. The van der Waals surface area contributed by atoms with E-state index in [2.05, 4.69) is 17.1 Å². The van der Waals surface area contributed by atoms with Crippen LogP contribution in [0.1, 0.15) is 30.7 Å². The summed E-state index contributed by atoms with van der Waals surface area (Å²) >= 11 is 0. The summed E-state index contributed by atoms with van der Waals surface area (Å²) in [5.41, 5.74) is 1.23. The van der Waals surface area contributed by atoms with Gasteiger partial charge in [0.2, 0.25) is 15.9 Å². The lowest BCUT2D eigenvalue weighted by molar-refractivity contribution is -0.135. The van der Waals surface area contributed by atoms with Crippen LogP contribution in [0.5, 0.6) is 5.75 Å². The van der Waals surface area contributed by atoms with Crippen molar-refractivity contribution in [3.8, 4) is 5.75 Å². The van der Waals surface area contributed by atoms with Crippen molar-refractivity contribution in [1.82, 2.24) is 14.2 Å². The number of pyridine rings is 1. The molecule has 30 heavy (non-hydrogen) atoms. The second kappa shape index (κ2) is 8.73. The van der Waals surface area contributed by atoms with Crippen LogP contribution in [0.2, 0.25) is 0 Å². The number of amides is 1. The molecule has 2 fully saturated rings. The highest BCUT2D eigenvalue weighted by Gasteiger charge is 2.36. The van der Waals surface area contributed by atoms with E-state index in [0.29, 0.717) is 31.8 Å². The van der Waals surface area contributed by atoms with Gasteiger partial charge in [-0.05, 0) is 49.1 Å². The van der Waals surface area contributed by atoms with Crippen molar-refractivity contribution < 1.29 is 17.9 Å². The second-order valence-electron chi connectivity index (χ2n) is 7.91. The van der Waals surface area contributed by atoms with Gasteiger partial charge in [0.15, 0.2) is 0 Å². The molecule has 160 valence electrons. The monoisotopic (exact) mass is 429 g/mol. The molecule has 7 nitrogen and oxygen atoms in total. The molecule has 0 saturated carbocycles. The Kier molecular flexibility index (Phi) is 6.06. The minimum atomic E-state index is -3.55. The van der Waals surface area contributed by atoms with Gasteiger partial charge in [0.05, 0.1) is 7.11 Å². The zero-order chi connectivity index (χ0) is 21.1. The van der Waals surface area contributed by atoms with Gasteiger partial charge in [0.25, 0.3) is 0 Å². The van der Waals surface area contributed by atoms with E-state index in [1.54, 1.807) is 25.4 Å². The average Bonchev–Trinajstić information content (AvgIpc) is 3.29. The Morgan fingerprint density at radius 2 is 1.80 bits per heavy atom. The normalized spacial score (nSPS) is 21.0. The first-order valence-electron chi connectivity index (χ1n) is 10.3. The van der Waals surface area contributed by atoms with Crippen molar-refractivity contribution in [3.63, 3.8) is 0 Å². The maximum absolute atomic E-state index is 13.0. The zero-order valence-electron chi connectivity index (χ0n) is 17.1. The standard InChI is InChI=1S/C22H27N3O4S/c1-29-20-6-4-17(5-7-20)19-8-12-24(16-19)22(26)18-9-13-25(14-10-18)30(27,28)21-3-2-11-23-15-21/h2-7,11,15,18-19H,8-10,12-14,16H2,1H3. The lowest BCUT2D eigenvalue weighted by atomic mass is 9.96. The van der Waals surface area contributed by atoms with Crippen molar-refractivity contribution >= 4 is 15.9 Å². The lowest BCUT2D eigenvalue weighted by Gasteiger charge is -2.32. The Morgan fingerprint density at radius 3 is 2.43 bits per heavy atom. The topological polar surface area (TPSA) is 79.8 Å². The van der Waals surface area contributed by atoms with Crippen molar-refractivity contribution in [2.75, 3.05) is 33.3 Å². The summed E-state index contributed by atoms with van der Waals surface area (Å²) in [4.78, 5) is 19.1. The van der Waals surface area contributed by atoms with E-state index >= 15 is 0 Å². The summed E-state index contributed by atoms with van der Waals surface area (Å²) in [6.07, 6.45) is 4.99. The van der Waals surface area contributed by atoms with E-state index in [1.807, 2.05) is 17.0 Å². The molecule has 0 aliphatic carbocycles. The van der Waals surface area contributed by atoms with Gasteiger partial charge in [-0.15, -0.1) is 0 Å². The molecule has 0 radical (unpaired) electrons. The van der Waals surface area contributed by atoms with Gasteiger partial charge in [-0.3, -0.25) is 9.78 Å². The number of sulfonamides is 1. The Hall–Kier alpha value is -2.45. The van der Waals surface area contributed by atoms with E-state index in [0.717, 1.165) is 25.3 Å². The van der Waals surface area contributed by atoms with Gasteiger partial charge >= 0.3 is 0 Å². The molecule has 2 aliphatic heterocycles. The summed E-state index contributed by atoms with van der Waals surface area (Å²) in [5.74, 6) is 1.22. The Labute approximate surface area is 177 Å². The fourth-order valence-corrected chi connectivity index (χ4v) is 5.79. The number of carbonyl (C=O) groups excluding carboxylic acids is 1. The third-order valence-electron chi connectivity index (χ3n) is 6.16. The fraction of sp³-hybridized carbons (Fsp3) is 0.455. The molecule has 1 aromatic carbocycles. The number of likely N-dealkylation sites (tertiary alicyclic amines) is 1. The Morgan fingerprint density at radius 1 is 1.07 bits per heavy atom. The van der Waals surface area contributed by atoms with Crippen LogP contribution < -0.4 is 4.74 Å². The molecule has 2 aliphatic rings. The van der Waals surface area contributed by atoms with Gasteiger partial charge in [-0.1, -0.05) is 12.1 Å². The number of nitrogens with zero attached hydrogens (tertiary/aromatic N) is 3. The average molecular weight is 430 g/mol. The van der Waals surface area contributed by atoms with E-state index in [4.69, 9.17) is 4.74 Å². The molecule has 2 saturated heterocycles. The second-order valence-corrected chi connectivity index (χ2v) is 9.85. The highest BCUT2D eigenvalue weighted by molar-refractivity contribution is 7.89. The molecule has 1 aromatic heterocycles. The fourth-order valence-electron chi connectivity index (χ4n) is 4.36. The largest absolute Gasteiger partial charge is 0.497 e. The number of hydrogen-bond donors (Lipinski definition) is 0. The van der Waals surface area contributed by atoms with Gasteiger partial charge in [-0.2, -0.15) is 4.31 Å². The summed E-state index contributed by atoms with van der Waals surface area (Å²) in [7, 11) is -1.89. The van der Waals surface area contributed by atoms with Crippen molar-refractivity contribution in [1.29, 1.82) is 0 Å². The number of hydrogen-bond acceptors (Lipinski definition) is 5. The lowest BCUT2D eigenvalue weighted by Crippen LogP contribution is -2.43. The van der Waals surface area contributed by atoms with E-state index < -0.39 is 10.0 Å². The quantitative estimate of drug-likeness (QED) is 0.730. The van der Waals surface area contributed by atoms with Crippen LogP contribution in [0.25, 0.3) is 0 Å². The number of aromatic nitrogens is 1. The predicted molar refractivity (Wildman–Crippen MR) is 113 cm³/mol. The maximum atomic E-state index is 13.0. The van der Waals surface area contributed by atoms with Gasteiger partial charge in [0, 0.05) is 50.4 Å². The minimum absolute atomic E-state index is 0.111. The summed E-state index contributed by atoms with van der Waals surface area (Å²) in [6.45, 7) is 2.20. The molecular formula is C22H27N3O4S. The minimum Gasteiger partial charge on any atom is -0.497 e. The SMILES string of the molecule is COc1ccc(C2CCN(C(=O)C3CCN(S(=O)(=O)c4cccnc4)CC3)C2)cc1. The van der Waals surface area contributed by atoms with Crippen LogP contribution in [-0.4, -0.2) is 61.8 Å². The van der Waals surface area contributed by atoms with Gasteiger partial charge in [-0.25, -0.2) is 8.42 Å². The number of carbonyl (C=O) groups is 1. The van der Waals surface area contributed by atoms with E-state index in [1.165, 1.54) is 16.1 Å². The molecule has 2 aromatic rings. The molecule has 0 N–H and O–H groups in total. The van der Waals surface area contributed by atoms with Crippen LogP contribution in [0.3, 0.4) is 0 Å². The van der Waals surface area contributed by atoms with Crippen LogP contribution in [0.4, 0.5) is 0 Å². The van der Waals surface area contributed by atoms with Crippen molar-refractivity contribution in [2.45, 2.75) is 30.1 Å². The molecule has 4 rings (SSSR count). The Bertz CT molecular complexity index is 971. The van der Waals surface area contributed by atoms with Crippen LogP contribution in [0.15, 0.2) is 53.7 Å². The van der Waals surface area contributed by atoms with Crippen molar-refractivity contribution in [3.05, 3.63) is 54.4 Å². The smallest absolute Gasteiger partial charge is 0.244 e. The number of benzene rings is 1. The first-order valence-corrected chi connectivity index (χ1v) is 11.8. The van der Waals surface area contributed by atoms with Crippen LogP contribution in [0, 0.1) is 5.92 Å². The number of methoxy groups -OCH3 is 1. The van der Waals surface area contributed by atoms with Gasteiger partial charge < -0.3 is 9.64 Å². The highest BCUT2D eigenvalue weighted by atomic mass is 32.2. The highest BCUT2D eigenvalue weighted by Crippen LogP contribution is 2.31. The van der Waals surface area contributed by atoms with Crippen molar-refractivity contribution in [2.24, 2.45) is 5.92 Å². The first-order chi connectivity index (χ1) is 14.5. The molecular weight excluding hydrogens is 402 g/mol. The summed E-state index contributed by atoms with van der Waals surface area (Å²) < 4.78 is 32.2. The molecule has 0 bridgehead atoms. The molecule has 1 atom stereocenters. The third-order valence-corrected chi connectivity index (χ3v) is 8.04. The molecule has 0 spiro atoms. The number of piperidine rings is 1. The summed E-state index contributed by atoms with van der Waals surface area (Å²) in [6, 6.07) is 11.2. The molecule has 3 heterocycles. The molecule has 1 unspecified atom stereocenters. The van der Waals surface area contributed by atoms with E-state index in [9.17, 15) is 13.2 Å². The summed E-state index contributed by atoms with van der Waals surface area (Å²) in [5, 5.41) is 0. The molecule has 1 amide bonds. The maximum Gasteiger partial charge on any atom is 0.244 e. The number of ether oxygens (including phenoxy) is 1.